The summed E-state index contributed by atoms with van der Waals surface area (Å²) in [5, 5.41) is 4.26. The van der Waals surface area contributed by atoms with Crippen molar-refractivity contribution in [3.05, 3.63) is 35.4 Å². The molecule has 8 heteroatoms. The van der Waals surface area contributed by atoms with Gasteiger partial charge in [-0.1, -0.05) is 34.5 Å². The van der Waals surface area contributed by atoms with E-state index in [1.807, 2.05) is 6.92 Å². The molecule has 0 aliphatic carbocycles. The SMILES string of the molecule is CCON=Cc1ccc([C@@]2(C)C(=O)N(OC(C)=O)C(=O)N2C)cc1. The molecule has 2 rings (SSSR count). The Bertz CT molecular complexity index is 685. The predicted octanol–water partition coefficient (Wildman–Crippen LogP) is 1.64. The van der Waals surface area contributed by atoms with Gasteiger partial charge < -0.3 is 14.6 Å². The molecule has 1 aromatic carbocycles. The van der Waals surface area contributed by atoms with Crippen molar-refractivity contribution in [2.75, 3.05) is 13.7 Å². The first-order valence-corrected chi connectivity index (χ1v) is 7.39. The predicted molar refractivity (Wildman–Crippen MR) is 84.8 cm³/mol. The normalized spacial score (nSPS) is 20.8. The van der Waals surface area contributed by atoms with Gasteiger partial charge in [0.2, 0.25) is 0 Å². The lowest BCUT2D eigenvalue weighted by Crippen LogP contribution is -2.42. The van der Waals surface area contributed by atoms with Gasteiger partial charge in [-0.25, -0.2) is 9.59 Å². The van der Waals surface area contributed by atoms with Gasteiger partial charge in [0.25, 0.3) is 5.91 Å². The van der Waals surface area contributed by atoms with Crippen LogP contribution in [0.1, 0.15) is 31.9 Å². The molecule has 0 N–H and O–H groups in total. The molecule has 1 atom stereocenters. The molecule has 1 aliphatic heterocycles. The van der Waals surface area contributed by atoms with Gasteiger partial charge in [0.1, 0.15) is 12.1 Å². The van der Waals surface area contributed by atoms with Crippen molar-refractivity contribution in [2.45, 2.75) is 26.3 Å². The number of hydrogen-bond donors (Lipinski definition) is 0. The molecule has 0 saturated carbocycles. The van der Waals surface area contributed by atoms with E-state index < -0.39 is 23.4 Å². The minimum Gasteiger partial charge on any atom is -0.396 e. The van der Waals surface area contributed by atoms with Crippen LogP contribution in [-0.4, -0.2) is 47.7 Å². The molecule has 1 aliphatic rings. The average molecular weight is 333 g/mol. The Labute approximate surface area is 139 Å². The number of nitrogens with zero attached hydrogens (tertiary/aromatic N) is 3. The quantitative estimate of drug-likeness (QED) is 0.464. The lowest BCUT2D eigenvalue weighted by molar-refractivity contribution is -0.182. The maximum absolute atomic E-state index is 12.6. The molecular formula is C16H19N3O5. The smallest absolute Gasteiger partial charge is 0.361 e. The first-order valence-electron chi connectivity index (χ1n) is 7.39. The number of benzene rings is 1. The fraction of sp³-hybridized carbons (Fsp3) is 0.375. The van der Waals surface area contributed by atoms with Crippen molar-refractivity contribution >= 4 is 24.1 Å². The molecule has 0 unspecified atom stereocenters. The molecule has 24 heavy (non-hydrogen) atoms. The summed E-state index contributed by atoms with van der Waals surface area (Å²) >= 11 is 0. The highest BCUT2D eigenvalue weighted by atomic mass is 16.7. The van der Waals surface area contributed by atoms with Crippen LogP contribution in [-0.2, 0) is 24.8 Å². The topological polar surface area (TPSA) is 88.5 Å². The molecule has 3 amide bonds. The van der Waals surface area contributed by atoms with Crippen LogP contribution in [0.25, 0.3) is 0 Å². The highest BCUT2D eigenvalue weighted by Crippen LogP contribution is 2.36. The van der Waals surface area contributed by atoms with Crippen LogP contribution in [0, 0.1) is 0 Å². The second-order valence-corrected chi connectivity index (χ2v) is 5.37. The number of amides is 3. The lowest BCUT2D eigenvalue weighted by atomic mass is 9.90. The van der Waals surface area contributed by atoms with Gasteiger partial charge in [-0.15, -0.1) is 0 Å². The van der Waals surface area contributed by atoms with Crippen LogP contribution in [0.3, 0.4) is 0 Å². The maximum atomic E-state index is 12.6. The summed E-state index contributed by atoms with van der Waals surface area (Å²) in [6.07, 6.45) is 1.55. The summed E-state index contributed by atoms with van der Waals surface area (Å²) in [6.45, 7) is 5.03. The van der Waals surface area contributed by atoms with Crippen LogP contribution in [0.2, 0.25) is 0 Å². The number of carbonyl (C=O) groups excluding carboxylic acids is 3. The van der Waals surface area contributed by atoms with E-state index in [-0.39, 0.29) is 0 Å². The summed E-state index contributed by atoms with van der Waals surface area (Å²) in [6, 6.07) is 6.24. The molecule has 1 fully saturated rings. The minimum atomic E-state index is -1.26. The second-order valence-electron chi connectivity index (χ2n) is 5.37. The summed E-state index contributed by atoms with van der Waals surface area (Å²) < 4.78 is 0. The number of likely N-dealkylation sites (N-methyl/N-ethyl adjacent to an activating group) is 1. The Hall–Kier alpha value is -2.90. The largest absolute Gasteiger partial charge is 0.396 e. The van der Waals surface area contributed by atoms with E-state index in [1.54, 1.807) is 37.4 Å². The minimum absolute atomic E-state index is 0.472. The van der Waals surface area contributed by atoms with Gasteiger partial charge in [-0.3, -0.25) is 4.79 Å². The number of imide groups is 1. The first-order chi connectivity index (χ1) is 11.3. The van der Waals surface area contributed by atoms with E-state index in [0.717, 1.165) is 12.5 Å². The summed E-state index contributed by atoms with van der Waals surface area (Å²) in [5.41, 5.74) is 0.112. The average Bonchev–Trinajstić information content (AvgIpc) is 2.72. The van der Waals surface area contributed by atoms with Crippen molar-refractivity contribution in [3.8, 4) is 0 Å². The molecule has 8 nitrogen and oxygen atoms in total. The summed E-state index contributed by atoms with van der Waals surface area (Å²) in [4.78, 5) is 46.8. The third-order valence-corrected chi connectivity index (χ3v) is 3.83. The van der Waals surface area contributed by atoms with Gasteiger partial charge in [0, 0.05) is 14.0 Å². The zero-order valence-electron chi connectivity index (χ0n) is 14.0. The highest BCUT2D eigenvalue weighted by Gasteiger charge is 2.55. The molecule has 0 radical (unpaired) electrons. The van der Waals surface area contributed by atoms with Crippen LogP contribution >= 0.6 is 0 Å². The van der Waals surface area contributed by atoms with Crippen molar-refractivity contribution < 1.29 is 24.1 Å². The van der Waals surface area contributed by atoms with E-state index in [1.165, 1.54) is 11.9 Å². The Morgan fingerprint density at radius 3 is 2.46 bits per heavy atom. The number of urea groups is 1. The fourth-order valence-electron chi connectivity index (χ4n) is 2.35. The Morgan fingerprint density at radius 2 is 1.92 bits per heavy atom. The number of hydrogen-bond acceptors (Lipinski definition) is 6. The maximum Gasteiger partial charge on any atom is 0.361 e. The monoisotopic (exact) mass is 333 g/mol. The van der Waals surface area contributed by atoms with Crippen LogP contribution < -0.4 is 0 Å². The van der Waals surface area contributed by atoms with Crippen molar-refractivity contribution in [2.24, 2.45) is 5.16 Å². The van der Waals surface area contributed by atoms with Crippen molar-refractivity contribution in [3.63, 3.8) is 0 Å². The molecule has 1 heterocycles. The van der Waals surface area contributed by atoms with Gasteiger partial charge >= 0.3 is 12.0 Å². The zero-order chi connectivity index (χ0) is 17.9. The van der Waals surface area contributed by atoms with Gasteiger partial charge in [0.15, 0.2) is 0 Å². The Balaban J connectivity index is 2.30. The van der Waals surface area contributed by atoms with Crippen molar-refractivity contribution in [1.29, 1.82) is 0 Å². The standard InChI is InChI=1S/C16H19N3O5/c1-5-23-17-10-12-6-8-13(9-7-12)16(3)14(21)19(24-11(2)20)15(22)18(16)4/h6-10H,5H2,1-4H3/t16-/m0/s1. The summed E-state index contributed by atoms with van der Waals surface area (Å²) in [5.74, 6) is -1.36. The zero-order valence-corrected chi connectivity index (χ0v) is 14.0. The molecule has 1 saturated heterocycles. The van der Waals surface area contributed by atoms with Crippen molar-refractivity contribution in [1.82, 2.24) is 9.96 Å². The van der Waals surface area contributed by atoms with Gasteiger partial charge in [0.05, 0.1) is 6.21 Å². The number of hydroxylamine groups is 2. The molecule has 0 spiro atoms. The first kappa shape index (κ1) is 17.5. The van der Waals surface area contributed by atoms with E-state index in [2.05, 4.69) is 5.16 Å². The third kappa shape index (κ3) is 2.94. The van der Waals surface area contributed by atoms with E-state index >= 15 is 0 Å². The number of rotatable bonds is 5. The van der Waals surface area contributed by atoms with Gasteiger partial charge in [-0.05, 0) is 25.0 Å². The Morgan fingerprint density at radius 1 is 1.29 bits per heavy atom. The van der Waals surface area contributed by atoms with E-state index in [4.69, 9.17) is 9.68 Å². The Kier molecular flexibility index (Phi) is 4.87. The third-order valence-electron chi connectivity index (χ3n) is 3.83. The number of carbonyl (C=O) groups is 3. The van der Waals surface area contributed by atoms with Crippen LogP contribution in [0.4, 0.5) is 4.79 Å². The second kappa shape index (κ2) is 6.69. The summed E-state index contributed by atoms with van der Waals surface area (Å²) in [7, 11) is 1.48. The molecular weight excluding hydrogens is 314 g/mol. The molecule has 0 bridgehead atoms. The molecule has 1 aromatic rings. The van der Waals surface area contributed by atoms with Crippen LogP contribution in [0.5, 0.6) is 0 Å². The van der Waals surface area contributed by atoms with Gasteiger partial charge in [-0.2, -0.15) is 0 Å². The van der Waals surface area contributed by atoms with E-state index in [0.29, 0.717) is 17.2 Å². The van der Waals surface area contributed by atoms with E-state index in [9.17, 15) is 14.4 Å². The number of oxime groups is 1. The molecule has 0 aromatic heterocycles. The highest BCUT2D eigenvalue weighted by molar-refractivity contribution is 6.06. The fourth-order valence-corrected chi connectivity index (χ4v) is 2.35. The van der Waals surface area contributed by atoms with Crippen LogP contribution in [0.15, 0.2) is 29.4 Å². The molecule has 128 valence electrons. The lowest BCUT2D eigenvalue weighted by Gasteiger charge is -2.28.